The number of aliphatic carboxylic acids is 1. The van der Waals surface area contributed by atoms with Gasteiger partial charge in [-0.05, 0) is 25.3 Å². The summed E-state index contributed by atoms with van der Waals surface area (Å²) in [5, 5.41) is 11.8. The number of unbranched alkanes of at least 4 members (excludes halogenated alkanes) is 2. The van der Waals surface area contributed by atoms with E-state index in [1.54, 1.807) is 0 Å². The summed E-state index contributed by atoms with van der Waals surface area (Å²) < 4.78 is 0. The smallest absolute Gasteiger partial charge is 0.303 e. The highest BCUT2D eigenvalue weighted by Crippen LogP contribution is 2.18. The van der Waals surface area contributed by atoms with Gasteiger partial charge < -0.3 is 10.4 Å². The van der Waals surface area contributed by atoms with E-state index in [-0.39, 0.29) is 0 Å². The number of carbonyl (C=O) groups is 1. The van der Waals surface area contributed by atoms with Crippen LogP contribution in [0.15, 0.2) is 0 Å². The molecule has 1 aliphatic rings. The molecule has 1 heterocycles. The van der Waals surface area contributed by atoms with Gasteiger partial charge in [0.25, 0.3) is 0 Å². The maximum absolute atomic E-state index is 10.2. The molecular weight excluding hydrogens is 166 g/mol. The topological polar surface area (TPSA) is 49.3 Å². The Balaban J connectivity index is 1.86. The van der Waals surface area contributed by atoms with E-state index in [4.69, 9.17) is 5.11 Å². The molecule has 2 N–H and O–H groups in total. The fourth-order valence-corrected chi connectivity index (χ4v) is 1.72. The van der Waals surface area contributed by atoms with Crippen LogP contribution < -0.4 is 5.32 Å². The molecule has 1 saturated heterocycles. The SMILES string of the molecule is C[C@H]1CNC1CCCCCC(=O)O. The van der Waals surface area contributed by atoms with E-state index in [0.29, 0.717) is 12.5 Å². The molecule has 0 radical (unpaired) electrons. The molecule has 0 aromatic heterocycles. The highest BCUT2D eigenvalue weighted by Gasteiger charge is 2.24. The van der Waals surface area contributed by atoms with Crippen LogP contribution in [0, 0.1) is 5.92 Å². The molecule has 3 heteroatoms. The number of carboxylic acids is 1. The standard InChI is InChI=1S/C10H19NO2/c1-8-7-11-9(8)5-3-2-4-6-10(12)13/h8-9,11H,2-7H2,1H3,(H,12,13)/t8-,9?/m0/s1. The number of rotatable bonds is 6. The van der Waals surface area contributed by atoms with Crippen molar-refractivity contribution < 1.29 is 9.90 Å². The van der Waals surface area contributed by atoms with Crippen LogP contribution >= 0.6 is 0 Å². The number of nitrogens with one attached hydrogen (secondary N) is 1. The van der Waals surface area contributed by atoms with Crippen LogP contribution in [0.1, 0.15) is 39.0 Å². The van der Waals surface area contributed by atoms with Crippen molar-refractivity contribution in [1.29, 1.82) is 0 Å². The van der Waals surface area contributed by atoms with Gasteiger partial charge in [0.2, 0.25) is 0 Å². The zero-order valence-corrected chi connectivity index (χ0v) is 8.25. The predicted octanol–water partition coefficient (Wildman–Crippen LogP) is 1.63. The molecule has 0 bridgehead atoms. The Kier molecular flexibility index (Phi) is 4.22. The largest absolute Gasteiger partial charge is 0.481 e. The second kappa shape index (κ2) is 5.22. The lowest BCUT2D eigenvalue weighted by Gasteiger charge is -2.35. The van der Waals surface area contributed by atoms with E-state index in [9.17, 15) is 4.79 Å². The first-order valence-corrected chi connectivity index (χ1v) is 5.15. The van der Waals surface area contributed by atoms with Crippen molar-refractivity contribution in [3.8, 4) is 0 Å². The Morgan fingerprint density at radius 3 is 2.69 bits per heavy atom. The molecule has 13 heavy (non-hydrogen) atoms. The summed E-state index contributed by atoms with van der Waals surface area (Å²) in [6.45, 7) is 3.41. The highest BCUT2D eigenvalue weighted by molar-refractivity contribution is 5.66. The van der Waals surface area contributed by atoms with Crippen LogP contribution in [0.5, 0.6) is 0 Å². The van der Waals surface area contributed by atoms with E-state index >= 15 is 0 Å². The van der Waals surface area contributed by atoms with Crippen molar-refractivity contribution in [2.75, 3.05) is 6.54 Å². The molecule has 0 aliphatic carbocycles. The van der Waals surface area contributed by atoms with Crippen LogP contribution in [0.25, 0.3) is 0 Å². The molecule has 1 rings (SSSR count). The Morgan fingerprint density at radius 2 is 2.23 bits per heavy atom. The van der Waals surface area contributed by atoms with Gasteiger partial charge in [-0.2, -0.15) is 0 Å². The molecule has 76 valence electrons. The average Bonchev–Trinajstić information content (AvgIpc) is 2.08. The van der Waals surface area contributed by atoms with Gasteiger partial charge in [-0.15, -0.1) is 0 Å². The Morgan fingerprint density at radius 1 is 1.46 bits per heavy atom. The maximum Gasteiger partial charge on any atom is 0.303 e. The van der Waals surface area contributed by atoms with E-state index in [1.165, 1.54) is 6.42 Å². The normalized spacial score (nSPS) is 26.8. The Hall–Kier alpha value is -0.570. The molecule has 1 unspecified atom stereocenters. The first-order chi connectivity index (χ1) is 6.20. The van der Waals surface area contributed by atoms with Gasteiger partial charge in [-0.25, -0.2) is 0 Å². The molecule has 0 aromatic rings. The van der Waals surface area contributed by atoms with Gasteiger partial charge >= 0.3 is 5.97 Å². The fourth-order valence-electron chi connectivity index (χ4n) is 1.72. The summed E-state index contributed by atoms with van der Waals surface area (Å²) in [6.07, 6.45) is 4.58. The van der Waals surface area contributed by atoms with Crippen LogP contribution in [0.4, 0.5) is 0 Å². The van der Waals surface area contributed by atoms with Gasteiger partial charge in [0.05, 0.1) is 0 Å². The van der Waals surface area contributed by atoms with Crippen molar-refractivity contribution in [1.82, 2.24) is 5.32 Å². The number of carboxylic acid groups (broad SMARTS) is 1. The molecule has 0 amide bonds. The third-order valence-electron chi connectivity index (χ3n) is 2.79. The minimum absolute atomic E-state index is 0.327. The van der Waals surface area contributed by atoms with Crippen LogP contribution in [0.2, 0.25) is 0 Å². The zero-order chi connectivity index (χ0) is 9.68. The maximum atomic E-state index is 10.2. The molecule has 0 saturated carbocycles. The lowest BCUT2D eigenvalue weighted by molar-refractivity contribution is -0.137. The second-order valence-corrected chi connectivity index (χ2v) is 3.99. The Labute approximate surface area is 79.5 Å². The van der Waals surface area contributed by atoms with Crippen LogP contribution in [-0.2, 0) is 4.79 Å². The van der Waals surface area contributed by atoms with Crippen molar-refractivity contribution in [3.63, 3.8) is 0 Å². The van der Waals surface area contributed by atoms with Gasteiger partial charge in [-0.1, -0.05) is 19.8 Å². The summed E-state index contributed by atoms with van der Waals surface area (Å²) in [7, 11) is 0. The van der Waals surface area contributed by atoms with Gasteiger partial charge in [-0.3, -0.25) is 4.79 Å². The van der Waals surface area contributed by atoms with Crippen molar-refractivity contribution in [3.05, 3.63) is 0 Å². The number of hydrogen-bond acceptors (Lipinski definition) is 2. The monoisotopic (exact) mass is 185 g/mol. The van der Waals surface area contributed by atoms with E-state index in [1.807, 2.05) is 0 Å². The molecular formula is C10H19NO2. The average molecular weight is 185 g/mol. The molecule has 0 spiro atoms. The summed E-state index contributed by atoms with van der Waals surface area (Å²) in [4.78, 5) is 10.2. The summed E-state index contributed by atoms with van der Waals surface area (Å²) >= 11 is 0. The molecule has 1 aliphatic heterocycles. The van der Waals surface area contributed by atoms with E-state index in [0.717, 1.165) is 31.7 Å². The first kappa shape index (κ1) is 10.5. The second-order valence-electron chi connectivity index (χ2n) is 3.99. The highest BCUT2D eigenvalue weighted by atomic mass is 16.4. The zero-order valence-electron chi connectivity index (χ0n) is 8.25. The van der Waals surface area contributed by atoms with Gasteiger partial charge in [0.1, 0.15) is 0 Å². The summed E-state index contributed by atoms with van der Waals surface area (Å²) in [5.74, 6) is 0.148. The van der Waals surface area contributed by atoms with Gasteiger partial charge in [0, 0.05) is 12.5 Å². The first-order valence-electron chi connectivity index (χ1n) is 5.15. The third-order valence-corrected chi connectivity index (χ3v) is 2.79. The predicted molar refractivity (Wildman–Crippen MR) is 51.7 cm³/mol. The van der Waals surface area contributed by atoms with Crippen molar-refractivity contribution in [2.45, 2.75) is 45.1 Å². The summed E-state index contributed by atoms with van der Waals surface area (Å²) in [6, 6.07) is 0.699. The minimum atomic E-state index is -0.671. The molecule has 0 aromatic carbocycles. The lowest BCUT2D eigenvalue weighted by Crippen LogP contribution is -2.51. The third kappa shape index (κ3) is 3.77. The molecule has 1 fully saturated rings. The van der Waals surface area contributed by atoms with Gasteiger partial charge in [0.15, 0.2) is 0 Å². The van der Waals surface area contributed by atoms with Crippen LogP contribution in [0.3, 0.4) is 0 Å². The fraction of sp³-hybridized carbons (Fsp3) is 0.900. The lowest BCUT2D eigenvalue weighted by atomic mass is 9.89. The molecule has 2 atom stereocenters. The number of hydrogen-bond donors (Lipinski definition) is 2. The molecule has 3 nitrogen and oxygen atoms in total. The van der Waals surface area contributed by atoms with E-state index < -0.39 is 5.97 Å². The van der Waals surface area contributed by atoms with Crippen molar-refractivity contribution >= 4 is 5.97 Å². The van der Waals surface area contributed by atoms with Crippen molar-refractivity contribution in [2.24, 2.45) is 5.92 Å². The summed E-state index contributed by atoms with van der Waals surface area (Å²) in [5.41, 5.74) is 0. The van der Waals surface area contributed by atoms with E-state index in [2.05, 4.69) is 12.2 Å². The Bertz CT molecular complexity index is 170. The van der Waals surface area contributed by atoms with Crippen LogP contribution in [-0.4, -0.2) is 23.7 Å². The quantitative estimate of drug-likeness (QED) is 0.618. The minimum Gasteiger partial charge on any atom is -0.481 e.